The predicted octanol–water partition coefficient (Wildman–Crippen LogP) is 3.63. The van der Waals surface area contributed by atoms with Crippen molar-refractivity contribution >= 4 is 23.4 Å². The highest BCUT2D eigenvalue weighted by Gasteiger charge is 2.39. The van der Waals surface area contributed by atoms with E-state index in [4.69, 9.17) is 4.74 Å². The lowest BCUT2D eigenvalue weighted by atomic mass is 10.0. The van der Waals surface area contributed by atoms with Crippen molar-refractivity contribution in [3.8, 4) is 11.8 Å². The molecule has 0 radical (unpaired) electrons. The SMILES string of the molecule is CCn1nc(C(F)(F)F)cc1Oc1ccc(CNc2nc3c4c(n2)N(C)C(C)C(=O)N4CCC3)cn1. The number of halogens is 3. The molecule has 1 atom stereocenters. The van der Waals surface area contributed by atoms with Crippen LogP contribution in [0, 0.1) is 0 Å². The van der Waals surface area contributed by atoms with Gasteiger partial charge in [0, 0.05) is 45.0 Å². The summed E-state index contributed by atoms with van der Waals surface area (Å²) in [5.74, 6) is 1.34. The number of carbonyl (C=O) groups is 1. The van der Waals surface area contributed by atoms with Gasteiger partial charge in [-0.25, -0.2) is 14.6 Å². The molecule has 0 saturated carbocycles. The molecule has 0 bridgehead atoms. The Morgan fingerprint density at radius 2 is 2.06 bits per heavy atom. The molecule has 3 aromatic heterocycles. The van der Waals surface area contributed by atoms with Crippen molar-refractivity contribution in [2.24, 2.45) is 0 Å². The number of nitrogens with one attached hydrogen (secondary N) is 1. The minimum Gasteiger partial charge on any atom is -0.421 e. The van der Waals surface area contributed by atoms with E-state index in [-0.39, 0.29) is 30.3 Å². The van der Waals surface area contributed by atoms with Gasteiger partial charge in [-0.2, -0.15) is 23.3 Å². The molecule has 190 valence electrons. The number of ether oxygens (including phenoxy) is 1. The smallest absolute Gasteiger partial charge is 0.421 e. The van der Waals surface area contributed by atoms with E-state index < -0.39 is 11.9 Å². The fourth-order valence-corrected chi connectivity index (χ4v) is 4.29. The van der Waals surface area contributed by atoms with Gasteiger partial charge in [-0.05, 0) is 32.3 Å². The topological polar surface area (TPSA) is 101 Å². The third-order valence-corrected chi connectivity index (χ3v) is 6.33. The first kappa shape index (κ1) is 23.8. The molecule has 0 fully saturated rings. The van der Waals surface area contributed by atoms with E-state index in [2.05, 4.69) is 25.4 Å². The van der Waals surface area contributed by atoms with E-state index in [0.29, 0.717) is 19.0 Å². The van der Waals surface area contributed by atoms with Gasteiger partial charge in [0.25, 0.3) is 0 Å². The summed E-state index contributed by atoms with van der Waals surface area (Å²) in [6.07, 6.45) is -1.38. The van der Waals surface area contributed by atoms with Crippen LogP contribution in [0.25, 0.3) is 0 Å². The standard InChI is InChI=1S/C23H25F3N8O2/c1-4-34-18(10-16(31-34)23(24,25)26)36-17-8-7-14(11-27-17)12-28-22-29-15-6-5-9-33-19(15)20(30-22)32(3)13(2)21(33)35/h7-8,10-11,13H,4-6,9,12H2,1-3H3,(H,28,29,30). The average Bonchev–Trinajstić information content (AvgIpc) is 3.28. The predicted molar refractivity (Wildman–Crippen MR) is 125 cm³/mol. The Kier molecular flexibility index (Phi) is 5.92. The van der Waals surface area contributed by atoms with Crippen molar-refractivity contribution < 1.29 is 22.7 Å². The Labute approximate surface area is 205 Å². The highest BCUT2D eigenvalue weighted by Crippen LogP contribution is 2.39. The third-order valence-electron chi connectivity index (χ3n) is 6.33. The summed E-state index contributed by atoms with van der Waals surface area (Å²) < 4.78 is 45.6. The second kappa shape index (κ2) is 8.95. The van der Waals surface area contributed by atoms with Gasteiger partial charge in [0.15, 0.2) is 11.5 Å². The van der Waals surface area contributed by atoms with Crippen molar-refractivity contribution in [3.63, 3.8) is 0 Å². The normalized spacial score (nSPS) is 17.3. The molecule has 3 aromatic rings. The van der Waals surface area contributed by atoms with Gasteiger partial charge in [-0.1, -0.05) is 6.07 Å². The lowest BCUT2D eigenvalue weighted by Gasteiger charge is -2.41. The van der Waals surface area contributed by atoms with Crippen molar-refractivity contribution in [1.82, 2.24) is 24.7 Å². The molecule has 1 N–H and O–H groups in total. The molecule has 2 aliphatic rings. The molecule has 0 aromatic carbocycles. The first-order chi connectivity index (χ1) is 17.2. The Hall–Kier alpha value is -3.90. The molecule has 5 heterocycles. The van der Waals surface area contributed by atoms with Crippen LogP contribution in [0.3, 0.4) is 0 Å². The number of alkyl halides is 3. The van der Waals surface area contributed by atoms with Gasteiger partial charge in [-0.15, -0.1) is 0 Å². The van der Waals surface area contributed by atoms with E-state index in [1.807, 2.05) is 18.9 Å². The van der Waals surface area contributed by atoms with Crippen molar-refractivity contribution in [2.45, 2.75) is 52.0 Å². The van der Waals surface area contributed by atoms with E-state index in [1.54, 1.807) is 30.2 Å². The number of hydrogen-bond acceptors (Lipinski definition) is 8. The van der Waals surface area contributed by atoms with Gasteiger partial charge in [0.2, 0.25) is 23.6 Å². The number of nitrogens with zero attached hydrogens (tertiary/aromatic N) is 7. The molecule has 10 nitrogen and oxygen atoms in total. The highest BCUT2D eigenvalue weighted by atomic mass is 19.4. The lowest BCUT2D eigenvalue weighted by molar-refractivity contribution is -0.141. The molecule has 5 rings (SSSR count). The lowest BCUT2D eigenvalue weighted by Crippen LogP contribution is -2.53. The largest absolute Gasteiger partial charge is 0.435 e. The van der Waals surface area contributed by atoms with Crippen LogP contribution >= 0.6 is 0 Å². The maximum Gasteiger partial charge on any atom is 0.435 e. The Morgan fingerprint density at radius 1 is 1.25 bits per heavy atom. The zero-order valence-corrected chi connectivity index (χ0v) is 20.0. The van der Waals surface area contributed by atoms with Gasteiger partial charge < -0.3 is 19.9 Å². The molecule has 2 aliphatic heterocycles. The van der Waals surface area contributed by atoms with Crippen LogP contribution in [-0.2, 0) is 30.5 Å². The van der Waals surface area contributed by atoms with Crippen molar-refractivity contribution in [1.29, 1.82) is 0 Å². The summed E-state index contributed by atoms with van der Waals surface area (Å²) in [4.78, 5) is 29.8. The Bertz CT molecular complexity index is 1290. The fourth-order valence-electron chi connectivity index (χ4n) is 4.29. The Morgan fingerprint density at radius 3 is 2.75 bits per heavy atom. The van der Waals surface area contributed by atoms with Crippen LogP contribution in [0.5, 0.6) is 11.8 Å². The number of aryl methyl sites for hydroxylation is 2. The maximum absolute atomic E-state index is 13.0. The van der Waals surface area contributed by atoms with E-state index in [0.717, 1.165) is 46.4 Å². The molecule has 1 unspecified atom stereocenters. The van der Waals surface area contributed by atoms with E-state index in [9.17, 15) is 18.0 Å². The molecule has 0 aliphatic carbocycles. The quantitative estimate of drug-likeness (QED) is 0.546. The number of likely N-dealkylation sites (N-methyl/N-ethyl adjacent to an activating group) is 1. The van der Waals surface area contributed by atoms with Gasteiger partial charge >= 0.3 is 6.18 Å². The second-order valence-electron chi connectivity index (χ2n) is 8.69. The zero-order chi connectivity index (χ0) is 25.6. The monoisotopic (exact) mass is 502 g/mol. The molecule has 13 heteroatoms. The average molecular weight is 503 g/mol. The van der Waals surface area contributed by atoms with Crippen molar-refractivity contribution in [2.75, 3.05) is 28.7 Å². The second-order valence-corrected chi connectivity index (χ2v) is 8.69. The summed E-state index contributed by atoms with van der Waals surface area (Å²) in [6, 6.07) is 3.88. The number of aromatic nitrogens is 5. The van der Waals surface area contributed by atoms with Gasteiger partial charge in [0.05, 0.1) is 5.69 Å². The summed E-state index contributed by atoms with van der Waals surface area (Å²) >= 11 is 0. The van der Waals surface area contributed by atoms with Crippen LogP contribution in [0.15, 0.2) is 24.4 Å². The summed E-state index contributed by atoms with van der Waals surface area (Å²) in [7, 11) is 1.85. The van der Waals surface area contributed by atoms with Gasteiger partial charge in [-0.3, -0.25) is 4.79 Å². The zero-order valence-electron chi connectivity index (χ0n) is 20.0. The van der Waals surface area contributed by atoms with Crippen LogP contribution in [0.4, 0.5) is 30.6 Å². The first-order valence-electron chi connectivity index (χ1n) is 11.6. The summed E-state index contributed by atoms with van der Waals surface area (Å²) in [5.41, 5.74) is 1.42. The van der Waals surface area contributed by atoms with Crippen LogP contribution in [0.2, 0.25) is 0 Å². The van der Waals surface area contributed by atoms with Crippen LogP contribution < -0.4 is 19.9 Å². The summed E-state index contributed by atoms with van der Waals surface area (Å²) in [6.45, 7) is 4.80. The molecular formula is C23H25F3N8O2. The highest BCUT2D eigenvalue weighted by molar-refractivity contribution is 6.05. The number of carbonyl (C=O) groups excluding carboxylic acids is 1. The van der Waals surface area contributed by atoms with E-state index in [1.165, 1.54) is 0 Å². The molecule has 36 heavy (non-hydrogen) atoms. The van der Waals surface area contributed by atoms with Gasteiger partial charge in [0.1, 0.15) is 11.7 Å². The van der Waals surface area contributed by atoms with E-state index >= 15 is 0 Å². The maximum atomic E-state index is 13.0. The number of rotatable bonds is 6. The summed E-state index contributed by atoms with van der Waals surface area (Å²) in [5, 5.41) is 6.74. The number of amides is 1. The van der Waals surface area contributed by atoms with Crippen molar-refractivity contribution in [3.05, 3.63) is 41.3 Å². The fraction of sp³-hybridized carbons (Fsp3) is 0.435. The van der Waals surface area contributed by atoms with Crippen LogP contribution in [0.1, 0.15) is 37.2 Å². The molecule has 1 amide bonds. The number of hydrogen-bond donors (Lipinski definition) is 1. The number of anilines is 3. The first-order valence-corrected chi connectivity index (χ1v) is 11.6. The van der Waals surface area contributed by atoms with Crippen LogP contribution in [-0.4, -0.2) is 50.3 Å². The number of pyridine rings is 1. The molecule has 0 saturated heterocycles. The minimum atomic E-state index is -4.56. The Balaban J connectivity index is 1.29. The molecular weight excluding hydrogens is 477 g/mol. The third kappa shape index (κ3) is 4.29. The minimum absolute atomic E-state index is 0.0366. The molecule has 0 spiro atoms.